The summed E-state index contributed by atoms with van der Waals surface area (Å²) in [7, 11) is 0. The van der Waals surface area contributed by atoms with Gasteiger partial charge >= 0.3 is 0 Å². The predicted molar refractivity (Wildman–Crippen MR) is 43.5 cm³/mol. The summed E-state index contributed by atoms with van der Waals surface area (Å²) in [5.41, 5.74) is 2.53. The molecular weight excluding hydrogens is 176 g/mol. The van der Waals surface area contributed by atoms with E-state index in [2.05, 4.69) is 5.43 Å². The molecule has 1 aliphatic rings. The molecule has 0 unspecified atom stereocenters. The van der Waals surface area contributed by atoms with Gasteiger partial charge in [-0.2, -0.15) is 0 Å². The number of hydrazine groups is 1. The van der Waals surface area contributed by atoms with Gasteiger partial charge < -0.3 is 15.3 Å². The van der Waals surface area contributed by atoms with Crippen molar-refractivity contribution in [2.24, 2.45) is 5.92 Å². The molecule has 0 amide bonds. The molecule has 1 aliphatic heterocycles. The van der Waals surface area contributed by atoms with Gasteiger partial charge in [0.05, 0.1) is 5.70 Å². The molecular formula is C7H12N2O4. The van der Waals surface area contributed by atoms with Crippen LogP contribution in [0.5, 0.6) is 0 Å². The van der Waals surface area contributed by atoms with E-state index in [1.807, 2.05) is 0 Å². The van der Waals surface area contributed by atoms with Crippen LogP contribution in [0.25, 0.3) is 0 Å². The lowest BCUT2D eigenvalue weighted by molar-refractivity contribution is -0.139. The summed E-state index contributed by atoms with van der Waals surface area (Å²) in [5, 5.41) is 36.6. The van der Waals surface area contributed by atoms with Crippen LogP contribution in [0.4, 0.5) is 0 Å². The normalized spacial score (nSPS) is 18.3. The van der Waals surface area contributed by atoms with E-state index < -0.39 is 17.4 Å². The molecule has 0 atom stereocenters. The Kier molecular flexibility index (Phi) is 2.24. The summed E-state index contributed by atoms with van der Waals surface area (Å²) >= 11 is 0. The Labute approximate surface area is 75.0 Å². The molecule has 0 aliphatic carbocycles. The van der Waals surface area contributed by atoms with Gasteiger partial charge in [-0.25, -0.2) is 0 Å². The quantitative estimate of drug-likeness (QED) is 0.419. The number of aliphatic hydroxyl groups is 3. The highest BCUT2D eigenvalue weighted by molar-refractivity contribution is 5.28. The molecule has 6 heteroatoms. The van der Waals surface area contributed by atoms with Crippen LogP contribution in [0, 0.1) is 5.92 Å². The summed E-state index contributed by atoms with van der Waals surface area (Å²) < 4.78 is 0. The van der Waals surface area contributed by atoms with Gasteiger partial charge in [-0.05, 0) is 5.92 Å². The maximum absolute atomic E-state index is 9.31. The van der Waals surface area contributed by atoms with Gasteiger partial charge in [0.2, 0.25) is 5.76 Å². The smallest absolute Gasteiger partial charge is 0.279 e. The molecule has 74 valence electrons. The van der Waals surface area contributed by atoms with E-state index in [1.165, 1.54) is 0 Å². The molecule has 5 N–H and O–H groups in total. The van der Waals surface area contributed by atoms with Crippen molar-refractivity contribution in [1.29, 1.82) is 0 Å². The van der Waals surface area contributed by atoms with Crippen molar-refractivity contribution in [3.63, 3.8) is 0 Å². The topological polar surface area (TPSA) is 96.2 Å². The molecule has 6 nitrogen and oxygen atoms in total. The Balaban J connectivity index is 3.11. The van der Waals surface area contributed by atoms with Gasteiger partial charge in [-0.15, -0.1) is 5.17 Å². The molecule has 0 bridgehead atoms. The predicted octanol–water partition coefficient (Wildman–Crippen LogP) is 0.907. The van der Waals surface area contributed by atoms with Gasteiger partial charge in [0.15, 0.2) is 5.76 Å². The monoisotopic (exact) mass is 188 g/mol. The lowest BCUT2D eigenvalue weighted by atomic mass is 10.1. The first-order valence-corrected chi connectivity index (χ1v) is 3.76. The van der Waals surface area contributed by atoms with Crippen molar-refractivity contribution in [1.82, 2.24) is 10.6 Å². The molecule has 0 aromatic carbocycles. The molecule has 13 heavy (non-hydrogen) atoms. The first-order chi connectivity index (χ1) is 5.95. The SMILES string of the molecule is CC(C)C1=C(O)C(O)=C(O)N(O)N1. The third-order valence-electron chi connectivity index (χ3n) is 1.70. The van der Waals surface area contributed by atoms with E-state index in [-0.39, 0.29) is 16.8 Å². The summed E-state index contributed by atoms with van der Waals surface area (Å²) in [6, 6.07) is 0. The molecule has 0 spiro atoms. The average molecular weight is 188 g/mol. The molecule has 1 rings (SSSR count). The number of hydrogen-bond acceptors (Lipinski definition) is 6. The highest BCUT2D eigenvalue weighted by Crippen LogP contribution is 2.22. The van der Waals surface area contributed by atoms with Crippen molar-refractivity contribution in [2.75, 3.05) is 0 Å². The van der Waals surface area contributed by atoms with Crippen molar-refractivity contribution in [3.05, 3.63) is 23.1 Å². The van der Waals surface area contributed by atoms with Crippen LogP contribution in [0.15, 0.2) is 23.1 Å². The zero-order valence-corrected chi connectivity index (χ0v) is 7.31. The van der Waals surface area contributed by atoms with Crippen molar-refractivity contribution < 1.29 is 20.5 Å². The van der Waals surface area contributed by atoms with E-state index in [0.29, 0.717) is 0 Å². The number of nitrogens with one attached hydrogen (secondary N) is 1. The molecule has 1 heterocycles. The van der Waals surface area contributed by atoms with Crippen molar-refractivity contribution in [3.8, 4) is 0 Å². The van der Waals surface area contributed by atoms with E-state index in [4.69, 9.17) is 15.4 Å². The minimum absolute atomic E-state index is 0.120. The van der Waals surface area contributed by atoms with Crippen LogP contribution in [0.1, 0.15) is 13.8 Å². The summed E-state index contributed by atoms with van der Waals surface area (Å²) in [6.07, 6.45) is 0. The second-order valence-corrected chi connectivity index (χ2v) is 3.01. The van der Waals surface area contributed by atoms with E-state index in [0.717, 1.165) is 0 Å². The van der Waals surface area contributed by atoms with E-state index in [1.54, 1.807) is 13.8 Å². The van der Waals surface area contributed by atoms with Crippen LogP contribution < -0.4 is 5.43 Å². The van der Waals surface area contributed by atoms with Crippen LogP contribution >= 0.6 is 0 Å². The van der Waals surface area contributed by atoms with Crippen LogP contribution in [-0.2, 0) is 0 Å². The zero-order chi connectivity index (χ0) is 10.2. The molecule has 0 saturated heterocycles. The molecule has 0 aromatic heterocycles. The Morgan fingerprint density at radius 3 is 2.15 bits per heavy atom. The lowest BCUT2D eigenvalue weighted by Crippen LogP contribution is -2.40. The minimum atomic E-state index is -0.832. The second-order valence-electron chi connectivity index (χ2n) is 3.01. The van der Waals surface area contributed by atoms with Gasteiger partial charge in [-0.1, -0.05) is 13.8 Å². The third kappa shape index (κ3) is 1.48. The number of hydroxylamine groups is 1. The number of nitrogens with zero attached hydrogens (tertiary/aromatic N) is 1. The Bertz CT molecular complexity index is 282. The summed E-state index contributed by atoms with van der Waals surface area (Å²) in [6.45, 7) is 3.50. The lowest BCUT2D eigenvalue weighted by Gasteiger charge is -2.27. The maximum atomic E-state index is 9.31. The van der Waals surface area contributed by atoms with Gasteiger partial charge in [0.1, 0.15) is 0 Å². The average Bonchev–Trinajstić information content (AvgIpc) is 2.07. The van der Waals surface area contributed by atoms with Gasteiger partial charge in [-0.3, -0.25) is 10.6 Å². The van der Waals surface area contributed by atoms with Crippen LogP contribution in [-0.4, -0.2) is 25.7 Å². The fraction of sp³-hybridized carbons (Fsp3) is 0.429. The maximum Gasteiger partial charge on any atom is 0.279 e. The zero-order valence-electron chi connectivity index (χ0n) is 7.31. The number of hydrogen-bond donors (Lipinski definition) is 5. The van der Waals surface area contributed by atoms with Crippen molar-refractivity contribution >= 4 is 0 Å². The van der Waals surface area contributed by atoms with E-state index in [9.17, 15) is 5.11 Å². The minimum Gasteiger partial charge on any atom is -0.503 e. The van der Waals surface area contributed by atoms with Crippen LogP contribution in [0.2, 0.25) is 0 Å². The Hall–Kier alpha value is -1.56. The third-order valence-corrected chi connectivity index (χ3v) is 1.70. The standard InChI is InChI=1S/C7H12N2O4/c1-3(2)4-5(10)6(11)7(12)9(13)8-4/h3,8,10-13H,1-2H3. The largest absolute Gasteiger partial charge is 0.503 e. The molecule has 0 aromatic rings. The first-order valence-electron chi connectivity index (χ1n) is 3.76. The number of allylic oxidation sites excluding steroid dienone is 1. The Morgan fingerprint density at radius 1 is 1.15 bits per heavy atom. The first kappa shape index (κ1) is 9.53. The highest BCUT2D eigenvalue weighted by Gasteiger charge is 2.26. The van der Waals surface area contributed by atoms with Gasteiger partial charge in [0.25, 0.3) is 5.88 Å². The highest BCUT2D eigenvalue weighted by atomic mass is 16.6. The molecule has 0 saturated carbocycles. The van der Waals surface area contributed by atoms with E-state index >= 15 is 0 Å². The number of rotatable bonds is 1. The summed E-state index contributed by atoms with van der Waals surface area (Å²) in [4.78, 5) is 0. The summed E-state index contributed by atoms with van der Waals surface area (Å²) in [5.74, 6) is -2.16. The number of aliphatic hydroxyl groups excluding tert-OH is 3. The molecule has 0 fully saturated rings. The fourth-order valence-corrected chi connectivity index (χ4v) is 0.956. The van der Waals surface area contributed by atoms with Crippen LogP contribution in [0.3, 0.4) is 0 Å². The van der Waals surface area contributed by atoms with Gasteiger partial charge in [0, 0.05) is 0 Å². The fourth-order valence-electron chi connectivity index (χ4n) is 0.956. The molecule has 0 radical (unpaired) electrons. The second kappa shape index (κ2) is 3.06. The Morgan fingerprint density at radius 2 is 1.69 bits per heavy atom. The van der Waals surface area contributed by atoms with Crippen molar-refractivity contribution in [2.45, 2.75) is 13.8 Å².